The van der Waals surface area contributed by atoms with Crippen molar-refractivity contribution in [2.24, 2.45) is 0 Å². The lowest BCUT2D eigenvalue weighted by Gasteiger charge is -2.07. The Morgan fingerprint density at radius 1 is 1.14 bits per heavy atom. The summed E-state index contributed by atoms with van der Waals surface area (Å²) in [6, 6.07) is 4.14. The van der Waals surface area contributed by atoms with Crippen LogP contribution in [0.5, 0.6) is 5.75 Å². The molecule has 1 N–H and O–H groups in total. The van der Waals surface area contributed by atoms with Crippen molar-refractivity contribution >= 4 is 56.4 Å². The highest BCUT2D eigenvalue weighted by atomic mass is 35.5. The molecule has 0 fully saturated rings. The van der Waals surface area contributed by atoms with E-state index in [-0.39, 0.29) is 31.2 Å². The zero-order valence-corrected chi connectivity index (χ0v) is 17.5. The minimum Gasteiger partial charge on any atom is -0.494 e. The number of fused-ring (bicyclic) bond motifs is 1. The van der Waals surface area contributed by atoms with Gasteiger partial charge in [0, 0.05) is 16.6 Å². The fourth-order valence-electron chi connectivity index (χ4n) is 2.80. The van der Waals surface area contributed by atoms with Gasteiger partial charge >= 0.3 is 5.69 Å². The molecule has 1 aromatic carbocycles. The molecular formula is C18H9Cl3FN3O3S. The van der Waals surface area contributed by atoms with Gasteiger partial charge in [0.15, 0.2) is 11.6 Å². The van der Waals surface area contributed by atoms with E-state index in [2.05, 4.69) is 9.97 Å². The van der Waals surface area contributed by atoms with Crippen LogP contribution in [0.2, 0.25) is 15.1 Å². The summed E-state index contributed by atoms with van der Waals surface area (Å²) in [5, 5.41) is 0.268. The Hall–Kier alpha value is -2.39. The largest absolute Gasteiger partial charge is 0.494 e. The third-order valence-electron chi connectivity index (χ3n) is 4.14. The third-order valence-corrected chi connectivity index (χ3v) is 6.39. The molecule has 4 rings (SSSR count). The summed E-state index contributed by atoms with van der Waals surface area (Å²) >= 11 is 19.4. The Bertz CT molecular complexity index is 1400. The number of thiophene rings is 1. The molecule has 0 spiro atoms. The number of methoxy groups -OCH3 is 1. The first-order valence-electron chi connectivity index (χ1n) is 7.93. The smallest absolute Gasteiger partial charge is 0.333 e. The van der Waals surface area contributed by atoms with Crippen molar-refractivity contribution in [3.63, 3.8) is 0 Å². The number of rotatable bonds is 3. The van der Waals surface area contributed by atoms with Crippen LogP contribution in [-0.2, 0) is 0 Å². The number of H-pyrrole nitrogens is 1. The summed E-state index contributed by atoms with van der Waals surface area (Å²) in [4.78, 5) is 32.7. The Kier molecular flexibility index (Phi) is 5.12. The summed E-state index contributed by atoms with van der Waals surface area (Å²) in [7, 11) is 1.33. The molecule has 0 amide bonds. The summed E-state index contributed by atoms with van der Waals surface area (Å²) in [5.41, 5.74) is -0.484. The van der Waals surface area contributed by atoms with E-state index in [1.54, 1.807) is 6.07 Å². The second-order valence-electron chi connectivity index (χ2n) is 5.85. The average molecular weight is 473 g/mol. The lowest BCUT2D eigenvalue weighted by atomic mass is 10.1. The molecule has 0 aliphatic heterocycles. The van der Waals surface area contributed by atoms with Gasteiger partial charge in [-0.1, -0.05) is 34.8 Å². The number of nitrogens with zero attached hydrogens (tertiary/aromatic N) is 2. The van der Waals surface area contributed by atoms with Gasteiger partial charge in [-0.25, -0.2) is 13.8 Å². The molecule has 6 nitrogen and oxygen atoms in total. The van der Waals surface area contributed by atoms with Crippen LogP contribution in [0.3, 0.4) is 0 Å². The Labute approximate surface area is 181 Å². The predicted molar refractivity (Wildman–Crippen MR) is 113 cm³/mol. The highest BCUT2D eigenvalue weighted by molar-refractivity contribution is 7.22. The Morgan fingerprint density at radius 2 is 1.90 bits per heavy atom. The number of halogens is 4. The molecule has 0 saturated carbocycles. The van der Waals surface area contributed by atoms with E-state index >= 15 is 0 Å². The number of benzene rings is 1. The molecule has 0 saturated heterocycles. The van der Waals surface area contributed by atoms with E-state index in [4.69, 9.17) is 39.5 Å². The van der Waals surface area contributed by atoms with Gasteiger partial charge in [-0.15, -0.1) is 11.3 Å². The first-order chi connectivity index (χ1) is 13.8. The molecule has 11 heteroatoms. The van der Waals surface area contributed by atoms with E-state index in [9.17, 15) is 14.0 Å². The number of aromatic amines is 1. The van der Waals surface area contributed by atoms with Crippen LogP contribution in [0.4, 0.5) is 4.39 Å². The van der Waals surface area contributed by atoms with Gasteiger partial charge in [0.2, 0.25) is 0 Å². The van der Waals surface area contributed by atoms with Gasteiger partial charge in [0.25, 0.3) is 5.56 Å². The van der Waals surface area contributed by atoms with Crippen LogP contribution in [0.15, 0.2) is 40.2 Å². The molecule has 0 atom stereocenters. The number of pyridine rings is 1. The van der Waals surface area contributed by atoms with Gasteiger partial charge in [-0.2, -0.15) is 0 Å². The Balaban J connectivity index is 1.98. The molecule has 0 aliphatic rings. The number of aromatic nitrogens is 3. The van der Waals surface area contributed by atoms with E-state index in [0.29, 0.717) is 16.0 Å². The van der Waals surface area contributed by atoms with Crippen LogP contribution in [0, 0.1) is 5.82 Å². The van der Waals surface area contributed by atoms with Crippen molar-refractivity contribution < 1.29 is 9.13 Å². The fourth-order valence-corrected chi connectivity index (χ4v) is 4.52. The molecule has 0 radical (unpaired) electrons. The second kappa shape index (κ2) is 7.46. The topological polar surface area (TPSA) is 77.0 Å². The SMILES string of the molecule is COc1cc(-c2cc3[nH]c(=O)n(-c4cncc(Cl)c4Cl)c(=O)c3s2)c(Cl)cc1F. The standard InChI is InChI=1S/C18H9Cl3FN3O3S/c1-28-13-2-7(8(19)3-10(13)22)14-4-11-16(29-14)17(26)25(18(27)24-11)12-6-23-5-9(20)15(12)21/h2-6H,1H3,(H,24,27). The second-order valence-corrected chi connectivity index (χ2v) is 8.09. The van der Waals surface area contributed by atoms with Crippen LogP contribution in [0.25, 0.3) is 26.3 Å². The maximum absolute atomic E-state index is 13.8. The summed E-state index contributed by atoms with van der Waals surface area (Å²) in [6.07, 6.45) is 2.57. The number of hydrogen-bond donors (Lipinski definition) is 1. The molecule has 3 heterocycles. The molecule has 0 unspecified atom stereocenters. The normalized spacial score (nSPS) is 11.2. The number of hydrogen-bond acceptors (Lipinski definition) is 5. The van der Waals surface area contributed by atoms with Crippen molar-refractivity contribution in [3.8, 4) is 21.9 Å². The van der Waals surface area contributed by atoms with Crippen molar-refractivity contribution in [2.45, 2.75) is 0 Å². The van der Waals surface area contributed by atoms with Crippen LogP contribution in [-0.4, -0.2) is 21.6 Å². The molecule has 148 valence electrons. The van der Waals surface area contributed by atoms with Gasteiger partial charge < -0.3 is 9.72 Å². The van der Waals surface area contributed by atoms with Crippen LogP contribution < -0.4 is 16.0 Å². The van der Waals surface area contributed by atoms with E-state index in [1.807, 2.05) is 0 Å². The first-order valence-corrected chi connectivity index (χ1v) is 9.88. The van der Waals surface area contributed by atoms with Crippen LogP contribution >= 0.6 is 46.1 Å². The molecule has 0 bridgehead atoms. The zero-order chi connectivity index (χ0) is 20.9. The van der Waals surface area contributed by atoms with Crippen LogP contribution in [0.1, 0.15) is 0 Å². The fraction of sp³-hybridized carbons (Fsp3) is 0.0556. The maximum atomic E-state index is 13.8. The maximum Gasteiger partial charge on any atom is 0.333 e. The van der Waals surface area contributed by atoms with E-state index in [0.717, 1.165) is 22.0 Å². The predicted octanol–water partition coefficient (Wildman–Crippen LogP) is 4.91. The van der Waals surface area contributed by atoms with Crippen molar-refractivity contribution in [2.75, 3.05) is 7.11 Å². The van der Waals surface area contributed by atoms with Gasteiger partial charge in [0.05, 0.1) is 39.6 Å². The number of nitrogens with one attached hydrogen (secondary N) is 1. The van der Waals surface area contributed by atoms with E-state index < -0.39 is 17.1 Å². The highest BCUT2D eigenvalue weighted by Gasteiger charge is 2.19. The van der Waals surface area contributed by atoms with E-state index in [1.165, 1.54) is 25.6 Å². The highest BCUT2D eigenvalue weighted by Crippen LogP contribution is 2.38. The quantitative estimate of drug-likeness (QED) is 0.460. The lowest BCUT2D eigenvalue weighted by molar-refractivity contribution is 0.387. The summed E-state index contributed by atoms with van der Waals surface area (Å²) < 4.78 is 19.9. The summed E-state index contributed by atoms with van der Waals surface area (Å²) in [6.45, 7) is 0. The van der Waals surface area contributed by atoms with Crippen molar-refractivity contribution in [1.82, 2.24) is 14.5 Å². The first kappa shape index (κ1) is 19.9. The number of ether oxygens (including phenoxy) is 1. The third kappa shape index (κ3) is 3.32. The molecule has 0 aliphatic carbocycles. The van der Waals surface area contributed by atoms with Gasteiger partial charge in [-0.05, 0) is 18.2 Å². The zero-order valence-electron chi connectivity index (χ0n) is 14.4. The van der Waals surface area contributed by atoms with Crippen molar-refractivity contribution in [1.29, 1.82) is 0 Å². The average Bonchev–Trinajstić information content (AvgIpc) is 3.09. The molecule has 3 aromatic heterocycles. The van der Waals surface area contributed by atoms with Gasteiger partial charge in [-0.3, -0.25) is 9.78 Å². The van der Waals surface area contributed by atoms with Gasteiger partial charge in [0.1, 0.15) is 4.70 Å². The van der Waals surface area contributed by atoms with Crippen molar-refractivity contribution in [3.05, 3.63) is 72.3 Å². The molecular weight excluding hydrogens is 464 g/mol. The lowest BCUT2D eigenvalue weighted by Crippen LogP contribution is -2.33. The molecule has 29 heavy (non-hydrogen) atoms. The monoisotopic (exact) mass is 471 g/mol. The molecule has 4 aromatic rings. The minimum atomic E-state index is -0.708. The summed E-state index contributed by atoms with van der Waals surface area (Å²) in [5.74, 6) is -0.606. The Morgan fingerprint density at radius 3 is 2.62 bits per heavy atom. The minimum absolute atomic E-state index is 0.00421.